The molecule has 0 aliphatic rings. The monoisotopic (exact) mass is 463 g/mol. The third kappa shape index (κ3) is 7.38. The molecule has 2 aromatic carbocycles. The van der Waals surface area contributed by atoms with E-state index in [9.17, 15) is 4.79 Å². The second-order valence-electron chi connectivity index (χ2n) is 7.17. The van der Waals surface area contributed by atoms with E-state index in [2.05, 4.69) is 4.90 Å². The maximum Gasteiger partial charge on any atom is 0.232 e. The zero-order valence-corrected chi connectivity index (χ0v) is 19.9. The van der Waals surface area contributed by atoms with Crippen LogP contribution in [0.3, 0.4) is 0 Å². The van der Waals surface area contributed by atoms with Crippen LogP contribution in [0, 0.1) is 0 Å². The van der Waals surface area contributed by atoms with Gasteiger partial charge in [-0.25, -0.2) is 4.98 Å². The summed E-state index contributed by atoms with van der Waals surface area (Å²) >= 11 is 1.52. The van der Waals surface area contributed by atoms with Gasteiger partial charge in [0.1, 0.15) is 11.5 Å². The van der Waals surface area contributed by atoms with Gasteiger partial charge in [-0.3, -0.25) is 9.69 Å². The fraction of sp³-hybridized carbons (Fsp3) is 0.391. The first-order valence-electron chi connectivity index (χ1n) is 10.2. The maximum absolute atomic E-state index is 13.0. The summed E-state index contributed by atoms with van der Waals surface area (Å²) in [6.07, 6.45) is 1.18. The van der Waals surface area contributed by atoms with Crippen LogP contribution in [0.15, 0.2) is 48.5 Å². The van der Waals surface area contributed by atoms with E-state index in [1.807, 2.05) is 69.6 Å². The normalized spacial score (nSPS) is 10.7. The first kappa shape index (κ1) is 24.9. The van der Waals surface area contributed by atoms with Crippen LogP contribution in [0.2, 0.25) is 0 Å². The van der Waals surface area contributed by atoms with Crippen molar-refractivity contribution in [1.29, 1.82) is 0 Å². The van der Waals surface area contributed by atoms with E-state index in [-0.39, 0.29) is 18.3 Å². The molecule has 3 aromatic rings. The van der Waals surface area contributed by atoms with E-state index in [1.54, 1.807) is 4.90 Å². The van der Waals surface area contributed by atoms with Gasteiger partial charge in [-0.05, 0) is 64.3 Å². The first-order chi connectivity index (χ1) is 14.6. The number of aromatic nitrogens is 1. The van der Waals surface area contributed by atoms with Gasteiger partial charge in [-0.15, -0.1) is 12.4 Å². The number of halogens is 1. The topological polar surface area (TPSA) is 54.9 Å². The van der Waals surface area contributed by atoms with E-state index in [1.165, 1.54) is 11.3 Å². The minimum Gasteiger partial charge on any atom is -0.494 e. The zero-order chi connectivity index (χ0) is 21.3. The highest BCUT2D eigenvalue weighted by molar-refractivity contribution is 7.22. The number of hydrogen-bond donors (Lipinski definition) is 0. The highest BCUT2D eigenvalue weighted by Gasteiger charge is 2.20. The lowest BCUT2D eigenvalue weighted by atomic mass is 10.3. The Morgan fingerprint density at radius 1 is 1.03 bits per heavy atom. The summed E-state index contributed by atoms with van der Waals surface area (Å²) in [5.41, 5.74) is 0.879. The molecule has 8 heteroatoms. The fourth-order valence-electron chi connectivity index (χ4n) is 3.04. The van der Waals surface area contributed by atoms with Crippen molar-refractivity contribution in [3.05, 3.63) is 48.5 Å². The van der Waals surface area contributed by atoms with Crippen LogP contribution >= 0.6 is 23.7 Å². The van der Waals surface area contributed by atoms with Crippen LogP contribution in [0.1, 0.15) is 19.8 Å². The van der Waals surface area contributed by atoms with E-state index < -0.39 is 0 Å². The van der Waals surface area contributed by atoms with Gasteiger partial charge in [0, 0.05) is 6.54 Å². The summed E-state index contributed by atoms with van der Waals surface area (Å²) in [5, 5.41) is 0.724. The Bertz CT molecular complexity index is 950. The summed E-state index contributed by atoms with van der Waals surface area (Å²) in [4.78, 5) is 21.7. The van der Waals surface area contributed by atoms with Gasteiger partial charge in [0.25, 0.3) is 0 Å². The number of hydrogen-bond acceptors (Lipinski definition) is 6. The molecule has 6 nitrogen and oxygen atoms in total. The summed E-state index contributed by atoms with van der Waals surface area (Å²) in [5.74, 6) is 1.61. The lowest BCUT2D eigenvalue weighted by molar-refractivity contribution is -0.119. The molecule has 0 N–H and O–H groups in total. The SMILES string of the molecule is CCOc1ccc2nc(N(CCCN(C)C)C(=O)CCOc3ccccc3)sc2c1.Cl. The molecule has 1 amide bonds. The Morgan fingerprint density at radius 3 is 2.52 bits per heavy atom. The van der Waals surface area contributed by atoms with Crippen molar-refractivity contribution in [2.75, 3.05) is 45.3 Å². The molecule has 0 unspecified atom stereocenters. The Labute approximate surface area is 194 Å². The summed E-state index contributed by atoms with van der Waals surface area (Å²) in [6, 6.07) is 15.4. The summed E-state index contributed by atoms with van der Waals surface area (Å²) in [6.45, 7) is 4.45. The third-order valence-corrected chi connectivity index (χ3v) is 5.55. The van der Waals surface area contributed by atoms with Crippen LogP contribution < -0.4 is 14.4 Å². The van der Waals surface area contributed by atoms with E-state index in [0.29, 0.717) is 26.2 Å². The van der Waals surface area contributed by atoms with E-state index in [0.717, 1.165) is 39.8 Å². The van der Waals surface area contributed by atoms with Gasteiger partial charge in [-0.2, -0.15) is 0 Å². The second-order valence-corrected chi connectivity index (χ2v) is 8.18. The number of nitrogens with zero attached hydrogens (tertiary/aromatic N) is 3. The van der Waals surface area contributed by atoms with Crippen LogP contribution in [-0.2, 0) is 4.79 Å². The number of rotatable bonds is 11. The Kier molecular flexibility index (Phi) is 10.0. The zero-order valence-electron chi connectivity index (χ0n) is 18.2. The predicted molar refractivity (Wildman–Crippen MR) is 130 cm³/mol. The lowest BCUT2D eigenvalue weighted by Crippen LogP contribution is -2.34. The first-order valence-corrected chi connectivity index (χ1v) is 11.0. The minimum atomic E-state index is 0. The third-order valence-electron chi connectivity index (χ3n) is 4.51. The number of amides is 1. The van der Waals surface area contributed by atoms with Gasteiger partial charge < -0.3 is 14.4 Å². The molecule has 1 aromatic heterocycles. The van der Waals surface area contributed by atoms with Crippen molar-refractivity contribution in [3.63, 3.8) is 0 Å². The number of anilines is 1. The molecule has 1 heterocycles. The molecular formula is C23H30ClN3O3S. The predicted octanol–water partition coefficient (Wildman–Crippen LogP) is 4.87. The molecule has 168 valence electrons. The molecule has 31 heavy (non-hydrogen) atoms. The number of carbonyl (C=O) groups is 1. The molecule has 0 saturated carbocycles. The van der Waals surface area contributed by atoms with Crippen molar-refractivity contribution in [3.8, 4) is 11.5 Å². The number of benzene rings is 2. The number of fused-ring (bicyclic) bond motifs is 1. The summed E-state index contributed by atoms with van der Waals surface area (Å²) in [7, 11) is 4.07. The largest absolute Gasteiger partial charge is 0.494 e. The molecule has 0 saturated heterocycles. The number of para-hydroxylation sites is 1. The molecule has 0 radical (unpaired) electrons. The minimum absolute atomic E-state index is 0. The molecule has 0 bridgehead atoms. The van der Waals surface area contributed by atoms with Gasteiger partial charge in [0.05, 0.1) is 29.9 Å². The smallest absolute Gasteiger partial charge is 0.232 e. The van der Waals surface area contributed by atoms with Crippen molar-refractivity contribution in [1.82, 2.24) is 9.88 Å². The standard InChI is InChI=1S/C23H29N3O3S.ClH/c1-4-28-19-11-12-20-21(17-19)30-23(24-20)26(15-8-14-25(2)3)22(27)13-16-29-18-9-6-5-7-10-18;/h5-7,9-12,17H,4,8,13-16H2,1-3H3;1H. The lowest BCUT2D eigenvalue weighted by Gasteiger charge is -2.21. The maximum atomic E-state index is 13.0. The van der Waals surface area contributed by atoms with Crippen molar-refractivity contribution in [2.24, 2.45) is 0 Å². The quantitative estimate of drug-likeness (QED) is 0.406. The van der Waals surface area contributed by atoms with Crippen molar-refractivity contribution >= 4 is 45.0 Å². The van der Waals surface area contributed by atoms with Crippen LogP contribution in [0.25, 0.3) is 10.2 Å². The molecule has 0 fully saturated rings. The number of carbonyl (C=O) groups excluding carboxylic acids is 1. The molecule has 0 aliphatic heterocycles. The highest BCUT2D eigenvalue weighted by atomic mass is 35.5. The Morgan fingerprint density at radius 2 is 1.81 bits per heavy atom. The molecule has 0 spiro atoms. The average molecular weight is 464 g/mol. The van der Waals surface area contributed by atoms with Crippen LogP contribution in [0.4, 0.5) is 5.13 Å². The van der Waals surface area contributed by atoms with Crippen LogP contribution in [-0.4, -0.2) is 56.2 Å². The number of ether oxygens (including phenoxy) is 2. The summed E-state index contributed by atoms with van der Waals surface area (Å²) < 4.78 is 12.3. The molecular weight excluding hydrogens is 434 g/mol. The highest BCUT2D eigenvalue weighted by Crippen LogP contribution is 2.32. The van der Waals surface area contributed by atoms with E-state index in [4.69, 9.17) is 14.5 Å². The number of thiazole rings is 1. The molecule has 0 aliphatic carbocycles. The molecule has 3 rings (SSSR count). The van der Waals surface area contributed by atoms with Gasteiger partial charge in [0.15, 0.2) is 5.13 Å². The van der Waals surface area contributed by atoms with Crippen molar-refractivity contribution in [2.45, 2.75) is 19.8 Å². The second kappa shape index (κ2) is 12.5. The van der Waals surface area contributed by atoms with Crippen molar-refractivity contribution < 1.29 is 14.3 Å². The van der Waals surface area contributed by atoms with Gasteiger partial charge in [-0.1, -0.05) is 29.5 Å². The average Bonchev–Trinajstić information content (AvgIpc) is 3.15. The Hall–Kier alpha value is -2.35. The fourth-order valence-corrected chi connectivity index (χ4v) is 4.08. The van der Waals surface area contributed by atoms with Gasteiger partial charge >= 0.3 is 0 Å². The van der Waals surface area contributed by atoms with E-state index >= 15 is 0 Å². The Balaban J connectivity index is 0.00000341. The molecule has 0 atom stereocenters. The van der Waals surface area contributed by atoms with Crippen LogP contribution in [0.5, 0.6) is 11.5 Å². The van der Waals surface area contributed by atoms with Gasteiger partial charge in [0.2, 0.25) is 5.91 Å².